The van der Waals surface area contributed by atoms with Gasteiger partial charge in [0.15, 0.2) is 0 Å². The fraction of sp³-hybridized carbons (Fsp3) is 0.615. The SMILES string of the molecule is C=C(C)/C=C/[C@@H](CCCOP)[C@@H](C)C(=O)OC. The van der Waals surface area contributed by atoms with E-state index in [0.717, 1.165) is 18.4 Å². The van der Waals surface area contributed by atoms with E-state index in [2.05, 4.69) is 16.0 Å². The maximum atomic E-state index is 11.5. The molecule has 3 nitrogen and oxygen atoms in total. The van der Waals surface area contributed by atoms with Crippen LogP contribution in [0.1, 0.15) is 26.7 Å². The summed E-state index contributed by atoms with van der Waals surface area (Å²) in [5.41, 5.74) is 0.981. The van der Waals surface area contributed by atoms with Crippen LogP contribution in [0.15, 0.2) is 24.3 Å². The molecule has 0 aromatic rings. The third-order valence-corrected chi connectivity index (χ3v) is 2.88. The van der Waals surface area contributed by atoms with Crippen molar-refractivity contribution in [2.75, 3.05) is 13.7 Å². The van der Waals surface area contributed by atoms with Crippen molar-refractivity contribution in [2.45, 2.75) is 26.7 Å². The van der Waals surface area contributed by atoms with Gasteiger partial charge in [-0.1, -0.05) is 31.2 Å². The molecule has 0 N–H and O–H groups in total. The van der Waals surface area contributed by atoms with Gasteiger partial charge < -0.3 is 9.26 Å². The Bertz CT molecular complexity index is 274. The van der Waals surface area contributed by atoms with Gasteiger partial charge in [-0.15, -0.1) is 0 Å². The van der Waals surface area contributed by atoms with Gasteiger partial charge in [0.1, 0.15) is 0 Å². The van der Waals surface area contributed by atoms with Crippen LogP contribution in [0.2, 0.25) is 0 Å². The van der Waals surface area contributed by atoms with Gasteiger partial charge in [-0.2, -0.15) is 0 Å². The summed E-state index contributed by atoms with van der Waals surface area (Å²) in [5.74, 6) is -0.146. The summed E-state index contributed by atoms with van der Waals surface area (Å²) in [5, 5.41) is 0. The van der Waals surface area contributed by atoms with Crippen molar-refractivity contribution in [3.8, 4) is 0 Å². The predicted octanol–water partition coefficient (Wildman–Crippen LogP) is 3.13. The van der Waals surface area contributed by atoms with Gasteiger partial charge in [0.2, 0.25) is 0 Å². The maximum absolute atomic E-state index is 11.5. The second kappa shape index (κ2) is 9.38. The molecule has 0 rings (SSSR count). The molecule has 3 atom stereocenters. The minimum absolute atomic E-state index is 0.139. The largest absolute Gasteiger partial charge is 0.469 e. The third kappa shape index (κ3) is 7.30. The van der Waals surface area contributed by atoms with Gasteiger partial charge in [-0.3, -0.25) is 4.79 Å². The quantitative estimate of drug-likeness (QED) is 0.290. The molecule has 0 aliphatic carbocycles. The van der Waals surface area contributed by atoms with Crippen LogP contribution >= 0.6 is 9.47 Å². The standard InChI is InChI=1S/C13H23O3P/c1-10(2)7-8-12(6-5-9-16-17)11(3)13(14)15-4/h7-8,11-12H,1,5-6,9,17H2,2-4H3/b8-7+/t11-,12-/m1/s1. The van der Waals surface area contributed by atoms with E-state index < -0.39 is 0 Å². The molecule has 0 amide bonds. The highest BCUT2D eigenvalue weighted by atomic mass is 31.0. The van der Waals surface area contributed by atoms with E-state index in [9.17, 15) is 4.79 Å². The minimum Gasteiger partial charge on any atom is -0.469 e. The van der Waals surface area contributed by atoms with Crippen molar-refractivity contribution in [1.82, 2.24) is 0 Å². The van der Waals surface area contributed by atoms with E-state index in [0.29, 0.717) is 6.61 Å². The molecule has 4 heteroatoms. The Labute approximate surface area is 107 Å². The summed E-state index contributed by atoms with van der Waals surface area (Å²) in [7, 11) is 3.65. The van der Waals surface area contributed by atoms with E-state index in [1.54, 1.807) is 0 Å². The van der Waals surface area contributed by atoms with Crippen molar-refractivity contribution in [2.24, 2.45) is 11.8 Å². The topological polar surface area (TPSA) is 35.5 Å². The Morgan fingerprint density at radius 1 is 1.53 bits per heavy atom. The lowest BCUT2D eigenvalue weighted by atomic mass is 9.89. The fourth-order valence-corrected chi connectivity index (χ4v) is 1.73. The Kier molecular flexibility index (Phi) is 9.01. The van der Waals surface area contributed by atoms with E-state index >= 15 is 0 Å². The number of rotatable bonds is 8. The molecule has 1 unspecified atom stereocenters. The minimum atomic E-state index is -0.173. The monoisotopic (exact) mass is 258 g/mol. The Balaban J connectivity index is 4.48. The van der Waals surface area contributed by atoms with E-state index in [4.69, 9.17) is 9.26 Å². The Morgan fingerprint density at radius 3 is 2.65 bits per heavy atom. The number of carbonyl (C=O) groups is 1. The zero-order chi connectivity index (χ0) is 13.3. The van der Waals surface area contributed by atoms with Crippen LogP contribution in [0, 0.1) is 11.8 Å². The molecule has 0 saturated heterocycles. The number of esters is 1. The highest BCUT2D eigenvalue weighted by Crippen LogP contribution is 2.21. The van der Waals surface area contributed by atoms with Gasteiger partial charge >= 0.3 is 5.97 Å². The van der Waals surface area contributed by atoms with Crippen LogP contribution in [-0.4, -0.2) is 19.7 Å². The lowest BCUT2D eigenvalue weighted by molar-refractivity contribution is -0.146. The zero-order valence-corrected chi connectivity index (χ0v) is 12.1. The van der Waals surface area contributed by atoms with Crippen molar-refractivity contribution < 1.29 is 14.1 Å². The van der Waals surface area contributed by atoms with Gasteiger partial charge in [0.25, 0.3) is 0 Å². The average Bonchev–Trinajstić information content (AvgIpc) is 2.31. The van der Waals surface area contributed by atoms with Crippen molar-refractivity contribution in [3.05, 3.63) is 24.3 Å². The highest BCUT2D eigenvalue weighted by molar-refractivity contribution is 7.09. The first-order valence-corrected chi connectivity index (χ1v) is 6.23. The van der Waals surface area contributed by atoms with Crippen LogP contribution in [-0.2, 0) is 14.1 Å². The fourth-order valence-electron chi connectivity index (χ4n) is 1.56. The first-order valence-electron chi connectivity index (χ1n) is 5.76. The van der Waals surface area contributed by atoms with Gasteiger partial charge in [-0.05, 0) is 25.7 Å². The number of methoxy groups -OCH3 is 1. The van der Waals surface area contributed by atoms with Gasteiger partial charge in [0.05, 0.1) is 19.6 Å². The molecular weight excluding hydrogens is 235 g/mol. The molecule has 17 heavy (non-hydrogen) atoms. The highest BCUT2D eigenvalue weighted by Gasteiger charge is 2.22. The van der Waals surface area contributed by atoms with E-state index in [-0.39, 0.29) is 17.8 Å². The lowest BCUT2D eigenvalue weighted by Crippen LogP contribution is -2.21. The van der Waals surface area contributed by atoms with Gasteiger partial charge in [0, 0.05) is 9.47 Å². The molecule has 0 bridgehead atoms. The number of carbonyl (C=O) groups excluding carboxylic acids is 1. The number of hydrogen-bond acceptors (Lipinski definition) is 3. The van der Waals surface area contributed by atoms with E-state index in [1.165, 1.54) is 7.11 Å². The second-order valence-corrected chi connectivity index (χ2v) is 4.53. The second-order valence-electron chi connectivity index (χ2n) is 4.19. The normalized spacial score (nSPS) is 14.6. The van der Waals surface area contributed by atoms with Gasteiger partial charge in [-0.25, -0.2) is 0 Å². The predicted molar refractivity (Wildman–Crippen MR) is 73.5 cm³/mol. The molecule has 0 aromatic carbocycles. The van der Waals surface area contributed by atoms with E-state index in [1.807, 2.05) is 26.0 Å². The van der Waals surface area contributed by atoms with Crippen LogP contribution in [0.4, 0.5) is 0 Å². The van der Waals surface area contributed by atoms with Crippen LogP contribution in [0.5, 0.6) is 0 Å². The molecule has 0 spiro atoms. The van der Waals surface area contributed by atoms with Crippen molar-refractivity contribution in [3.63, 3.8) is 0 Å². The molecule has 0 radical (unpaired) electrons. The maximum Gasteiger partial charge on any atom is 0.308 e. The molecule has 0 aliphatic heterocycles. The molecular formula is C13H23O3P. The summed E-state index contributed by atoms with van der Waals surface area (Å²) >= 11 is 0. The smallest absolute Gasteiger partial charge is 0.308 e. The molecule has 0 saturated carbocycles. The zero-order valence-electron chi connectivity index (χ0n) is 10.9. The van der Waals surface area contributed by atoms with Crippen molar-refractivity contribution >= 4 is 15.4 Å². The average molecular weight is 258 g/mol. The molecule has 0 aromatic heterocycles. The van der Waals surface area contributed by atoms with Crippen LogP contribution in [0.3, 0.4) is 0 Å². The Morgan fingerprint density at radius 2 is 2.18 bits per heavy atom. The number of allylic oxidation sites excluding steroid dienone is 3. The first kappa shape index (κ1) is 16.3. The lowest BCUT2D eigenvalue weighted by Gasteiger charge is -2.18. The van der Waals surface area contributed by atoms with Crippen molar-refractivity contribution in [1.29, 1.82) is 0 Å². The molecule has 0 fully saturated rings. The third-order valence-electron chi connectivity index (χ3n) is 2.64. The van der Waals surface area contributed by atoms with Crippen LogP contribution in [0.25, 0.3) is 0 Å². The summed E-state index contributed by atoms with van der Waals surface area (Å²) in [6.07, 6.45) is 5.79. The molecule has 98 valence electrons. The Hall–Kier alpha value is -0.660. The number of hydrogen-bond donors (Lipinski definition) is 0. The van der Waals surface area contributed by atoms with Crippen LogP contribution < -0.4 is 0 Å². The number of ether oxygens (including phenoxy) is 1. The first-order chi connectivity index (χ1) is 8.02. The summed E-state index contributed by atoms with van der Waals surface area (Å²) in [4.78, 5) is 11.5. The molecule has 0 heterocycles. The molecule has 0 aliphatic rings. The summed E-state index contributed by atoms with van der Waals surface area (Å²) < 4.78 is 9.72. The summed E-state index contributed by atoms with van der Waals surface area (Å²) in [6, 6.07) is 0. The summed E-state index contributed by atoms with van der Waals surface area (Å²) in [6.45, 7) is 8.32.